The summed E-state index contributed by atoms with van der Waals surface area (Å²) < 4.78 is 29.1. The van der Waals surface area contributed by atoms with Crippen molar-refractivity contribution in [2.24, 2.45) is 0 Å². The van der Waals surface area contributed by atoms with Crippen molar-refractivity contribution in [3.63, 3.8) is 0 Å². The highest BCUT2D eigenvalue weighted by atomic mass is 32.2. The van der Waals surface area contributed by atoms with E-state index < -0.39 is 9.84 Å². The van der Waals surface area contributed by atoms with Crippen LogP contribution >= 0.6 is 0 Å². The Hall–Kier alpha value is -2.34. The highest BCUT2D eigenvalue weighted by Crippen LogP contribution is 2.22. The second-order valence-corrected chi connectivity index (χ2v) is 6.67. The van der Waals surface area contributed by atoms with Crippen LogP contribution in [-0.4, -0.2) is 26.3 Å². The molecule has 2 rings (SSSR count). The summed E-state index contributed by atoms with van der Waals surface area (Å²) >= 11 is 0. The summed E-state index contributed by atoms with van der Waals surface area (Å²) in [6.45, 7) is 4.44. The van der Waals surface area contributed by atoms with Gasteiger partial charge < -0.3 is 10.1 Å². The number of hydrogen-bond donors (Lipinski definition) is 1. The molecule has 1 aromatic carbocycles. The highest BCUT2D eigenvalue weighted by Gasteiger charge is 2.14. The Morgan fingerprint density at radius 2 is 2.05 bits per heavy atom. The number of pyridine rings is 1. The molecule has 0 unspecified atom stereocenters. The third-order valence-corrected chi connectivity index (χ3v) is 4.07. The minimum Gasteiger partial charge on any atom is -0.489 e. The molecule has 0 atom stereocenters. The maximum Gasteiger partial charge on any atom is 0.179 e. The van der Waals surface area contributed by atoms with Gasteiger partial charge in [0.25, 0.3) is 0 Å². The Morgan fingerprint density at radius 1 is 1.27 bits per heavy atom. The van der Waals surface area contributed by atoms with Crippen LogP contribution in [0, 0.1) is 0 Å². The van der Waals surface area contributed by atoms with Crippen molar-refractivity contribution in [2.45, 2.75) is 11.4 Å². The summed E-state index contributed by atoms with van der Waals surface area (Å²) in [7, 11) is -3.33. The monoisotopic (exact) mass is 318 g/mol. The molecule has 1 aromatic heterocycles. The average Bonchev–Trinajstić information content (AvgIpc) is 2.51. The predicted molar refractivity (Wildman–Crippen MR) is 86.8 cm³/mol. The van der Waals surface area contributed by atoms with Crippen LogP contribution in [0.15, 0.2) is 60.1 Å². The van der Waals surface area contributed by atoms with Crippen LogP contribution in [-0.2, 0) is 16.4 Å². The molecule has 6 heteroatoms. The Labute approximate surface area is 130 Å². The molecule has 0 amide bonds. The van der Waals surface area contributed by atoms with E-state index in [2.05, 4.69) is 16.9 Å². The molecule has 2 aromatic rings. The van der Waals surface area contributed by atoms with E-state index in [4.69, 9.17) is 4.74 Å². The molecular weight excluding hydrogens is 300 g/mol. The summed E-state index contributed by atoms with van der Waals surface area (Å²) in [6.07, 6.45) is 4.39. The molecule has 0 saturated carbocycles. The largest absolute Gasteiger partial charge is 0.489 e. The summed E-state index contributed by atoms with van der Waals surface area (Å²) in [6, 6.07) is 10.7. The van der Waals surface area contributed by atoms with Crippen molar-refractivity contribution in [1.82, 2.24) is 4.98 Å². The fourth-order valence-electron chi connectivity index (χ4n) is 1.94. The van der Waals surface area contributed by atoms with Gasteiger partial charge in [0.05, 0.1) is 0 Å². The first-order valence-electron chi connectivity index (χ1n) is 6.73. The van der Waals surface area contributed by atoms with Gasteiger partial charge in [-0.25, -0.2) is 13.4 Å². The lowest BCUT2D eigenvalue weighted by Crippen LogP contribution is -2.09. The van der Waals surface area contributed by atoms with E-state index in [9.17, 15) is 8.42 Å². The second-order valence-electron chi connectivity index (χ2n) is 4.68. The van der Waals surface area contributed by atoms with Crippen LogP contribution in [0.5, 0.6) is 5.75 Å². The number of ether oxygens (including phenoxy) is 1. The number of sulfone groups is 1. The van der Waals surface area contributed by atoms with Gasteiger partial charge in [0.15, 0.2) is 9.84 Å². The van der Waals surface area contributed by atoms with E-state index >= 15 is 0 Å². The fourth-order valence-corrected chi connectivity index (χ4v) is 2.74. The molecule has 116 valence electrons. The number of aromatic nitrogens is 1. The van der Waals surface area contributed by atoms with Crippen molar-refractivity contribution in [3.05, 3.63) is 60.8 Å². The molecule has 0 spiro atoms. The quantitative estimate of drug-likeness (QED) is 0.795. The highest BCUT2D eigenvalue weighted by molar-refractivity contribution is 7.90. The molecule has 5 nitrogen and oxygen atoms in total. The van der Waals surface area contributed by atoms with Gasteiger partial charge in [0, 0.05) is 24.6 Å². The Balaban J connectivity index is 2.19. The van der Waals surface area contributed by atoms with Gasteiger partial charge >= 0.3 is 0 Å². The minimum atomic E-state index is -3.33. The molecule has 1 heterocycles. The third-order valence-electron chi connectivity index (χ3n) is 2.95. The molecule has 0 fully saturated rings. The number of hydrogen-bond acceptors (Lipinski definition) is 5. The minimum absolute atomic E-state index is 0.180. The lowest BCUT2D eigenvalue weighted by atomic mass is 10.2. The van der Waals surface area contributed by atoms with Crippen molar-refractivity contribution in [3.8, 4) is 5.75 Å². The number of para-hydroxylation sites is 1. The molecule has 0 aliphatic rings. The van der Waals surface area contributed by atoms with E-state index in [0.717, 1.165) is 17.6 Å². The van der Waals surface area contributed by atoms with Gasteiger partial charge in [-0.05, 0) is 18.2 Å². The summed E-state index contributed by atoms with van der Waals surface area (Å²) in [4.78, 5) is 4.28. The smallest absolute Gasteiger partial charge is 0.179 e. The summed E-state index contributed by atoms with van der Waals surface area (Å²) in [5.41, 5.74) is 0.912. The van der Waals surface area contributed by atoms with Crippen LogP contribution in [0.25, 0.3) is 0 Å². The van der Waals surface area contributed by atoms with E-state index in [0.29, 0.717) is 19.0 Å². The molecule has 22 heavy (non-hydrogen) atoms. The van der Waals surface area contributed by atoms with Gasteiger partial charge in [-0.3, -0.25) is 0 Å². The average molecular weight is 318 g/mol. The predicted octanol–water partition coefficient (Wildman–Crippen LogP) is 2.66. The molecule has 0 saturated heterocycles. The normalized spacial score (nSPS) is 11.0. The number of nitrogens with one attached hydrogen (secondary N) is 1. The van der Waals surface area contributed by atoms with Gasteiger partial charge in [0.2, 0.25) is 0 Å². The van der Waals surface area contributed by atoms with Gasteiger partial charge in [-0.2, -0.15) is 0 Å². The summed E-state index contributed by atoms with van der Waals surface area (Å²) in [5.74, 6) is 1.07. The zero-order valence-corrected chi connectivity index (χ0v) is 13.1. The lowest BCUT2D eigenvalue weighted by Gasteiger charge is -2.13. The van der Waals surface area contributed by atoms with Crippen LogP contribution < -0.4 is 10.1 Å². The topological polar surface area (TPSA) is 68.3 Å². The number of benzene rings is 1. The van der Waals surface area contributed by atoms with Crippen LogP contribution in [0.2, 0.25) is 0 Å². The molecule has 0 aliphatic heterocycles. The van der Waals surface area contributed by atoms with E-state index in [-0.39, 0.29) is 4.90 Å². The fraction of sp³-hybridized carbons (Fsp3) is 0.188. The van der Waals surface area contributed by atoms with Crippen molar-refractivity contribution in [2.75, 3.05) is 18.2 Å². The van der Waals surface area contributed by atoms with Crippen molar-refractivity contribution in [1.29, 1.82) is 0 Å². The summed E-state index contributed by atoms with van der Waals surface area (Å²) in [5, 5.41) is 3.06. The van der Waals surface area contributed by atoms with E-state index in [1.165, 1.54) is 6.07 Å². The van der Waals surface area contributed by atoms with Gasteiger partial charge in [-0.1, -0.05) is 30.9 Å². The van der Waals surface area contributed by atoms with E-state index in [1.807, 2.05) is 24.3 Å². The molecule has 0 bridgehead atoms. The first-order valence-corrected chi connectivity index (χ1v) is 8.62. The third kappa shape index (κ3) is 4.08. The number of rotatable bonds is 7. The number of nitrogens with zero attached hydrogens (tertiary/aromatic N) is 1. The van der Waals surface area contributed by atoms with Crippen LogP contribution in [0.4, 0.5) is 5.82 Å². The molecule has 1 N–H and O–H groups in total. The maximum atomic E-state index is 11.8. The van der Waals surface area contributed by atoms with Crippen molar-refractivity contribution >= 4 is 15.7 Å². The Morgan fingerprint density at radius 3 is 2.77 bits per heavy atom. The maximum absolute atomic E-state index is 11.8. The molecule has 0 radical (unpaired) electrons. The van der Waals surface area contributed by atoms with Crippen LogP contribution in [0.3, 0.4) is 0 Å². The zero-order chi connectivity index (χ0) is 16.0. The van der Waals surface area contributed by atoms with E-state index in [1.54, 1.807) is 18.3 Å². The number of anilines is 1. The lowest BCUT2D eigenvalue weighted by molar-refractivity contribution is 0.359. The molecule has 0 aliphatic carbocycles. The first kappa shape index (κ1) is 16.0. The zero-order valence-electron chi connectivity index (χ0n) is 12.3. The molecular formula is C16H18N2O3S. The Bertz CT molecular complexity index is 757. The SMILES string of the molecule is C=CCOc1ccccc1CNc1ncccc1S(C)(=O)=O. The second kappa shape index (κ2) is 7.09. The van der Waals surface area contributed by atoms with Gasteiger partial charge in [-0.15, -0.1) is 0 Å². The first-order chi connectivity index (χ1) is 10.5. The Kier molecular flexibility index (Phi) is 5.16. The van der Waals surface area contributed by atoms with Gasteiger partial charge in [0.1, 0.15) is 23.1 Å². The van der Waals surface area contributed by atoms with Crippen molar-refractivity contribution < 1.29 is 13.2 Å². The standard InChI is InChI=1S/C16H18N2O3S/c1-3-11-21-14-8-5-4-7-13(14)12-18-16-15(22(2,19)20)9-6-10-17-16/h3-10H,1,11-12H2,2H3,(H,17,18). The van der Waals surface area contributed by atoms with Crippen LogP contribution in [0.1, 0.15) is 5.56 Å².